The van der Waals surface area contributed by atoms with Gasteiger partial charge in [-0.1, -0.05) is 24.9 Å². The minimum Gasteiger partial charge on any atom is -0.394 e. The van der Waals surface area contributed by atoms with Crippen LogP contribution >= 0.6 is 0 Å². The molecule has 1 heterocycles. The molecule has 1 aliphatic rings. The molecule has 0 saturated carbocycles. The molecule has 0 aromatic heterocycles. The van der Waals surface area contributed by atoms with Crippen molar-refractivity contribution in [1.29, 1.82) is 0 Å². The molecule has 1 aliphatic heterocycles. The highest BCUT2D eigenvalue weighted by molar-refractivity contribution is 6.01. The van der Waals surface area contributed by atoms with Gasteiger partial charge < -0.3 is 15.5 Å². The number of rotatable bonds is 7. The SMILES string of the molecule is CC#C/C(=N\OCCNC[C@H]1CCC(=O)N1)C(C)C. The average molecular weight is 265 g/mol. The van der Waals surface area contributed by atoms with Gasteiger partial charge in [-0.3, -0.25) is 4.79 Å². The lowest BCUT2D eigenvalue weighted by Gasteiger charge is -2.10. The molecular formula is C14H23N3O2. The highest BCUT2D eigenvalue weighted by Gasteiger charge is 2.19. The Morgan fingerprint density at radius 1 is 1.63 bits per heavy atom. The molecule has 1 atom stereocenters. The number of oxime groups is 1. The number of hydrogen-bond donors (Lipinski definition) is 2. The lowest BCUT2D eigenvalue weighted by molar-refractivity contribution is -0.119. The van der Waals surface area contributed by atoms with Gasteiger partial charge in [0.1, 0.15) is 12.3 Å². The van der Waals surface area contributed by atoms with E-state index < -0.39 is 0 Å². The van der Waals surface area contributed by atoms with Crippen molar-refractivity contribution < 1.29 is 9.63 Å². The molecule has 0 aromatic carbocycles. The Morgan fingerprint density at radius 2 is 2.42 bits per heavy atom. The van der Waals surface area contributed by atoms with Gasteiger partial charge in [0.05, 0.1) is 0 Å². The Hall–Kier alpha value is -1.54. The van der Waals surface area contributed by atoms with Crippen LogP contribution < -0.4 is 10.6 Å². The van der Waals surface area contributed by atoms with Gasteiger partial charge in [0.25, 0.3) is 0 Å². The first-order valence-electron chi connectivity index (χ1n) is 6.76. The van der Waals surface area contributed by atoms with Crippen molar-refractivity contribution in [2.45, 2.75) is 39.7 Å². The summed E-state index contributed by atoms with van der Waals surface area (Å²) in [7, 11) is 0. The van der Waals surface area contributed by atoms with Crippen LogP contribution in [0, 0.1) is 17.8 Å². The molecule has 2 N–H and O–H groups in total. The van der Waals surface area contributed by atoms with Crippen LogP contribution in [0.4, 0.5) is 0 Å². The Kier molecular flexibility index (Phi) is 6.98. The van der Waals surface area contributed by atoms with E-state index >= 15 is 0 Å². The van der Waals surface area contributed by atoms with Crippen molar-refractivity contribution >= 4 is 11.6 Å². The van der Waals surface area contributed by atoms with Crippen molar-refractivity contribution in [1.82, 2.24) is 10.6 Å². The van der Waals surface area contributed by atoms with Gasteiger partial charge >= 0.3 is 0 Å². The van der Waals surface area contributed by atoms with Crippen LogP contribution in [0.1, 0.15) is 33.6 Å². The van der Waals surface area contributed by atoms with Crippen LogP contribution in [-0.2, 0) is 9.63 Å². The highest BCUT2D eigenvalue weighted by Crippen LogP contribution is 2.04. The van der Waals surface area contributed by atoms with Gasteiger partial charge in [-0.15, -0.1) is 0 Å². The third kappa shape index (κ3) is 6.25. The van der Waals surface area contributed by atoms with Crippen LogP contribution in [0.25, 0.3) is 0 Å². The standard InChI is InChI=1S/C14H23N3O2/c1-4-5-13(11(2)3)17-19-9-8-15-10-12-6-7-14(18)16-12/h11-12,15H,6-10H2,1-3H3,(H,16,18)/b17-13+/t12-/m1/s1. The second kappa shape index (κ2) is 8.54. The zero-order chi connectivity index (χ0) is 14.1. The van der Waals surface area contributed by atoms with E-state index in [9.17, 15) is 4.79 Å². The van der Waals surface area contributed by atoms with E-state index in [0.29, 0.717) is 19.6 Å². The van der Waals surface area contributed by atoms with E-state index in [2.05, 4.69) is 27.6 Å². The van der Waals surface area contributed by atoms with E-state index in [1.54, 1.807) is 6.92 Å². The van der Waals surface area contributed by atoms with Crippen LogP contribution in [0.3, 0.4) is 0 Å². The molecule has 0 spiro atoms. The average Bonchev–Trinajstić information content (AvgIpc) is 2.77. The lowest BCUT2D eigenvalue weighted by atomic mass is 10.1. The molecule has 1 saturated heterocycles. The second-order valence-corrected chi connectivity index (χ2v) is 4.85. The first-order chi connectivity index (χ1) is 9.13. The molecule has 19 heavy (non-hydrogen) atoms. The minimum atomic E-state index is 0.146. The number of carbonyl (C=O) groups is 1. The smallest absolute Gasteiger partial charge is 0.220 e. The summed E-state index contributed by atoms with van der Waals surface area (Å²) in [4.78, 5) is 16.2. The van der Waals surface area contributed by atoms with Gasteiger partial charge in [-0.05, 0) is 19.3 Å². The van der Waals surface area contributed by atoms with Crippen molar-refractivity contribution in [3.8, 4) is 11.8 Å². The first-order valence-corrected chi connectivity index (χ1v) is 6.76. The number of hydrogen-bond acceptors (Lipinski definition) is 4. The predicted molar refractivity (Wildman–Crippen MR) is 75.7 cm³/mol. The topological polar surface area (TPSA) is 62.7 Å². The van der Waals surface area contributed by atoms with E-state index in [0.717, 1.165) is 18.7 Å². The van der Waals surface area contributed by atoms with Crippen molar-refractivity contribution in [3.63, 3.8) is 0 Å². The van der Waals surface area contributed by atoms with E-state index in [4.69, 9.17) is 4.84 Å². The lowest BCUT2D eigenvalue weighted by Crippen LogP contribution is -2.36. The maximum atomic E-state index is 11.0. The molecule has 106 valence electrons. The molecule has 0 bridgehead atoms. The van der Waals surface area contributed by atoms with Gasteiger partial charge in [0.15, 0.2) is 0 Å². The molecule has 0 radical (unpaired) electrons. The van der Waals surface area contributed by atoms with Crippen LogP contribution in [-0.4, -0.2) is 37.4 Å². The number of nitrogens with zero attached hydrogens (tertiary/aromatic N) is 1. The first kappa shape index (κ1) is 15.5. The Balaban J connectivity index is 2.11. The van der Waals surface area contributed by atoms with Gasteiger partial charge in [-0.25, -0.2) is 0 Å². The van der Waals surface area contributed by atoms with Crippen LogP contribution in [0.2, 0.25) is 0 Å². The van der Waals surface area contributed by atoms with Gasteiger partial charge in [-0.2, -0.15) is 0 Å². The fourth-order valence-corrected chi connectivity index (χ4v) is 1.74. The Labute approximate surface area is 115 Å². The fraction of sp³-hybridized carbons (Fsp3) is 0.714. The molecule has 1 amide bonds. The quantitative estimate of drug-likeness (QED) is 0.311. The molecule has 5 nitrogen and oxygen atoms in total. The Morgan fingerprint density at radius 3 is 3.00 bits per heavy atom. The largest absolute Gasteiger partial charge is 0.394 e. The maximum Gasteiger partial charge on any atom is 0.220 e. The molecular weight excluding hydrogens is 242 g/mol. The summed E-state index contributed by atoms with van der Waals surface area (Å²) in [6, 6.07) is 0.258. The molecule has 5 heteroatoms. The zero-order valence-electron chi connectivity index (χ0n) is 12.0. The molecule has 0 aromatic rings. The number of amides is 1. The predicted octanol–water partition coefficient (Wildman–Crippen LogP) is 0.906. The van der Waals surface area contributed by atoms with Crippen molar-refractivity contribution in [3.05, 3.63) is 0 Å². The van der Waals surface area contributed by atoms with Crippen LogP contribution in [0.5, 0.6) is 0 Å². The van der Waals surface area contributed by atoms with Gasteiger partial charge in [0.2, 0.25) is 5.91 Å². The second-order valence-electron chi connectivity index (χ2n) is 4.85. The third-order valence-corrected chi connectivity index (χ3v) is 2.81. The normalized spacial score (nSPS) is 19.1. The van der Waals surface area contributed by atoms with E-state index in [1.165, 1.54) is 0 Å². The van der Waals surface area contributed by atoms with E-state index in [-0.39, 0.29) is 17.9 Å². The van der Waals surface area contributed by atoms with Crippen molar-refractivity contribution in [2.24, 2.45) is 11.1 Å². The summed E-state index contributed by atoms with van der Waals surface area (Å²) in [5.74, 6) is 6.17. The van der Waals surface area contributed by atoms with E-state index in [1.807, 2.05) is 13.8 Å². The molecule has 0 unspecified atom stereocenters. The van der Waals surface area contributed by atoms with Crippen molar-refractivity contribution in [2.75, 3.05) is 19.7 Å². The number of carbonyl (C=O) groups excluding carboxylic acids is 1. The summed E-state index contributed by atoms with van der Waals surface area (Å²) in [6.07, 6.45) is 1.55. The monoisotopic (exact) mass is 265 g/mol. The molecule has 0 aliphatic carbocycles. The van der Waals surface area contributed by atoms with Gasteiger partial charge in [0, 0.05) is 31.5 Å². The summed E-state index contributed by atoms with van der Waals surface area (Å²) < 4.78 is 0. The summed E-state index contributed by atoms with van der Waals surface area (Å²) in [6.45, 7) is 7.85. The molecule has 1 rings (SSSR count). The molecule has 1 fully saturated rings. The summed E-state index contributed by atoms with van der Waals surface area (Å²) >= 11 is 0. The minimum absolute atomic E-state index is 0.146. The summed E-state index contributed by atoms with van der Waals surface area (Å²) in [5.41, 5.74) is 0.769. The highest BCUT2D eigenvalue weighted by atomic mass is 16.6. The Bertz CT molecular complexity index is 380. The summed E-state index contributed by atoms with van der Waals surface area (Å²) in [5, 5.41) is 10.2. The fourth-order valence-electron chi connectivity index (χ4n) is 1.74. The third-order valence-electron chi connectivity index (χ3n) is 2.81. The van der Waals surface area contributed by atoms with Crippen LogP contribution in [0.15, 0.2) is 5.16 Å². The zero-order valence-corrected chi connectivity index (χ0v) is 12.0. The number of nitrogens with one attached hydrogen (secondary N) is 2. The maximum absolute atomic E-state index is 11.0.